The van der Waals surface area contributed by atoms with Gasteiger partial charge < -0.3 is 10.3 Å². The molecule has 0 saturated carbocycles. The van der Waals surface area contributed by atoms with Gasteiger partial charge in [0, 0.05) is 40.1 Å². The fraction of sp³-hybridized carbons (Fsp3) is 0.143. The molecular weight excluding hydrogens is 410 g/mol. The van der Waals surface area contributed by atoms with Crippen LogP contribution >= 0.6 is 0 Å². The van der Waals surface area contributed by atoms with Gasteiger partial charge in [0.05, 0.1) is 0 Å². The highest BCUT2D eigenvalue weighted by Crippen LogP contribution is 2.27. The molecule has 5 nitrogen and oxygen atoms in total. The Labute approximate surface area is 193 Å². The average molecular weight is 438 g/mol. The first-order valence-corrected chi connectivity index (χ1v) is 10.9. The van der Waals surface area contributed by atoms with Crippen LogP contribution in [-0.4, -0.2) is 22.3 Å². The molecule has 0 aliphatic carbocycles. The number of para-hydroxylation sites is 2. The third kappa shape index (κ3) is 4.58. The molecule has 33 heavy (non-hydrogen) atoms. The van der Waals surface area contributed by atoms with Crippen LogP contribution in [0.5, 0.6) is 0 Å². The van der Waals surface area contributed by atoms with Gasteiger partial charge >= 0.3 is 0 Å². The second-order valence-electron chi connectivity index (χ2n) is 8.50. The van der Waals surface area contributed by atoms with E-state index >= 15 is 0 Å². The fourth-order valence-electron chi connectivity index (χ4n) is 3.81. The van der Waals surface area contributed by atoms with Gasteiger partial charge in [0.15, 0.2) is 0 Å². The first-order valence-electron chi connectivity index (χ1n) is 10.9. The summed E-state index contributed by atoms with van der Waals surface area (Å²) < 4.78 is 0. The number of anilines is 1. The normalized spacial score (nSPS) is 11.6. The highest BCUT2D eigenvalue weighted by Gasteiger charge is 2.39. The number of aromatic nitrogens is 1. The number of aromatic amines is 1. The largest absolute Gasteiger partial charge is 0.361 e. The maximum absolute atomic E-state index is 13.5. The van der Waals surface area contributed by atoms with Crippen molar-refractivity contribution < 1.29 is 9.59 Å². The zero-order valence-corrected chi connectivity index (χ0v) is 19.0. The van der Waals surface area contributed by atoms with Crippen molar-refractivity contribution in [1.29, 1.82) is 0 Å². The summed E-state index contributed by atoms with van der Waals surface area (Å²) in [5.41, 5.74) is 3.11. The maximum atomic E-state index is 13.5. The fourth-order valence-corrected chi connectivity index (χ4v) is 3.81. The van der Waals surface area contributed by atoms with Crippen LogP contribution in [-0.2, 0) is 4.79 Å². The molecule has 1 heterocycles. The van der Waals surface area contributed by atoms with Gasteiger partial charge in [0.25, 0.3) is 5.91 Å². The lowest BCUT2D eigenvalue weighted by Crippen LogP contribution is -2.56. The van der Waals surface area contributed by atoms with E-state index < -0.39 is 5.54 Å². The molecule has 0 aliphatic heterocycles. The third-order valence-electron chi connectivity index (χ3n) is 5.73. The minimum absolute atomic E-state index is 0.234. The number of H-pyrrole nitrogens is 1. The molecule has 5 heteroatoms. The van der Waals surface area contributed by atoms with Crippen molar-refractivity contribution in [2.24, 2.45) is 0 Å². The van der Waals surface area contributed by atoms with Crippen molar-refractivity contribution in [3.05, 3.63) is 108 Å². The highest BCUT2D eigenvalue weighted by molar-refractivity contribution is 6.11. The Morgan fingerprint density at radius 3 is 2.30 bits per heavy atom. The van der Waals surface area contributed by atoms with Gasteiger partial charge in [-0.1, -0.05) is 54.1 Å². The number of amides is 2. The SMILES string of the molecule is Cc1ccc(C(=O)N(c2ccccc2)C(C)(C)C(=O)NC=Cc2c[nH]c3ccccc23)cc1. The van der Waals surface area contributed by atoms with Crippen LogP contribution < -0.4 is 10.2 Å². The van der Waals surface area contributed by atoms with Crippen LogP contribution in [0.15, 0.2) is 91.3 Å². The number of hydrogen-bond acceptors (Lipinski definition) is 2. The minimum Gasteiger partial charge on any atom is -0.361 e. The minimum atomic E-state index is -1.14. The molecule has 2 amide bonds. The van der Waals surface area contributed by atoms with Crippen molar-refractivity contribution in [1.82, 2.24) is 10.3 Å². The molecule has 0 saturated heterocycles. The van der Waals surface area contributed by atoms with Crippen molar-refractivity contribution in [2.45, 2.75) is 26.3 Å². The van der Waals surface area contributed by atoms with E-state index in [1.54, 1.807) is 37.1 Å². The van der Waals surface area contributed by atoms with E-state index in [1.807, 2.05) is 85.9 Å². The molecule has 0 aliphatic rings. The number of nitrogens with zero attached hydrogens (tertiary/aromatic N) is 1. The Morgan fingerprint density at radius 1 is 0.909 bits per heavy atom. The van der Waals surface area contributed by atoms with Gasteiger partial charge in [-0.15, -0.1) is 0 Å². The second-order valence-corrected chi connectivity index (χ2v) is 8.50. The first kappa shape index (κ1) is 22.1. The van der Waals surface area contributed by atoms with Crippen molar-refractivity contribution >= 4 is 34.5 Å². The number of carbonyl (C=O) groups is 2. The number of aryl methyl sites for hydroxylation is 1. The van der Waals surface area contributed by atoms with E-state index in [2.05, 4.69) is 10.3 Å². The molecule has 0 radical (unpaired) electrons. The maximum Gasteiger partial charge on any atom is 0.259 e. The molecule has 0 atom stereocenters. The molecule has 0 unspecified atom stereocenters. The van der Waals surface area contributed by atoms with Crippen LogP contribution in [0.2, 0.25) is 0 Å². The molecule has 1 aromatic heterocycles. The second kappa shape index (κ2) is 9.17. The average Bonchev–Trinajstić information content (AvgIpc) is 3.23. The Kier molecular flexibility index (Phi) is 6.13. The predicted molar refractivity (Wildman–Crippen MR) is 134 cm³/mol. The Bertz CT molecular complexity index is 1300. The summed E-state index contributed by atoms with van der Waals surface area (Å²) in [5.74, 6) is -0.523. The van der Waals surface area contributed by atoms with E-state index in [4.69, 9.17) is 0 Å². The summed E-state index contributed by atoms with van der Waals surface area (Å²) in [4.78, 5) is 31.6. The smallest absolute Gasteiger partial charge is 0.259 e. The number of carbonyl (C=O) groups excluding carboxylic acids is 2. The molecule has 166 valence electrons. The quantitative estimate of drug-likeness (QED) is 0.407. The van der Waals surface area contributed by atoms with Crippen molar-refractivity contribution in [2.75, 3.05) is 4.90 Å². The Balaban J connectivity index is 1.60. The highest BCUT2D eigenvalue weighted by atomic mass is 16.2. The summed E-state index contributed by atoms with van der Waals surface area (Å²) in [6.07, 6.45) is 5.37. The summed E-state index contributed by atoms with van der Waals surface area (Å²) in [6, 6.07) is 24.6. The van der Waals surface area contributed by atoms with Crippen LogP contribution in [0.4, 0.5) is 5.69 Å². The van der Waals surface area contributed by atoms with E-state index in [-0.39, 0.29) is 11.8 Å². The third-order valence-corrected chi connectivity index (χ3v) is 5.73. The van der Waals surface area contributed by atoms with E-state index in [0.29, 0.717) is 11.3 Å². The van der Waals surface area contributed by atoms with Gasteiger partial charge in [-0.3, -0.25) is 14.5 Å². The molecule has 4 aromatic rings. The molecule has 4 rings (SSSR count). The lowest BCUT2D eigenvalue weighted by Gasteiger charge is -2.37. The number of benzene rings is 3. The van der Waals surface area contributed by atoms with Gasteiger partial charge in [0.2, 0.25) is 5.91 Å². The molecule has 0 fully saturated rings. The number of rotatable bonds is 6. The predicted octanol–water partition coefficient (Wildman–Crippen LogP) is 5.69. The van der Waals surface area contributed by atoms with Crippen molar-refractivity contribution in [3.8, 4) is 0 Å². The molecule has 3 aromatic carbocycles. The zero-order valence-electron chi connectivity index (χ0n) is 19.0. The molecule has 2 N–H and O–H groups in total. The van der Waals surface area contributed by atoms with E-state index in [1.165, 1.54) is 0 Å². The monoisotopic (exact) mass is 437 g/mol. The topological polar surface area (TPSA) is 65.2 Å². The van der Waals surface area contributed by atoms with Gasteiger partial charge in [0.1, 0.15) is 5.54 Å². The standard InChI is InChI=1S/C28H27N3O2/c1-20-13-15-21(16-14-20)26(32)31(23-9-5-4-6-10-23)28(2,3)27(33)29-18-17-22-19-30-25-12-8-7-11-24(22)25/h4-19,30H,1-3H3,(H,29,33). The van der Waals surface area contributed by atoms with Crippen LogP contribution in [0.3, 0.4) is 0 Å². The zero-order chi connectivity index (χ0) is 23.4. The Morgan fingerprint density at radius 2 is 1.58 bits per heavy atom. The van der Waals surface area contributed by atoms with Crippen LogP contribution in [0.25, 0.3) is 17.0 Å². The summed E-state index contributed by atoms with van der Waals surface area (Å²) >= 11 is 0. The summed E-state index contributed by atoms with van der Waals surface area (Å²) in [7, 11) is 0. The van der Waals surface area contributed by atoms with Crippen LogP contribution in [0.1, 0.15) is 35.3 Å². The lowest BCUT2D eigenvalue weighted by atomic mass is 9.98. The van der Waals surface area contributed by atoms with Gasteiger partial charge in [-0.2, -0.15) is 0 Å². The molecule has 0 bridgehead atoms. The molecule has 0 spiro atoms. The van der Waals surface area contributed by atoms with Crippen LogP contribution in [0, 0.1) is 6.92 Å². The number of hydrogen-bond donors (Lipinski definition) is 2. The molecular formula is C28H27N3O2. The summed E-state index contributed by atoms with van der Waals surface area (Å²) in [6.45, 7) is 5.47. The lowest BCUT2D eigenvalue weighted by molar-refractivity contribution is -0.124. The Hall–Kier alpha value is -4.12. The van der Waals surface area contributed by atoms with Gasteiger partial charge in [-0.05, 0) is 57.2 Å². The van der Waals surface area contributed by atoms with Gasteiger partial charge in [-0.25, -0.2) is 0 Å². The van der Waals surface area contributed by atoms with Crippen molar-refractivity contribution in [3.63, 3.8) is 0 Å². The number of nitrogens with one attached hydrogen (secondary N) is 2. The summed E-state index contributed by atoms with van der Waals surface area (Å²) in [5, 5.41) is 3.94. The first-order chi connectivity index (χ1) is 15.9. The van der Waals surface area contributed by atoms with E-state index in [0.717, 1.165) is 22.0 Å². The number of fused-ring (bicyclic) bond motifs is 1. The van der Waals surface area contributed by atoms with E-state index in [9.17, 15) is 9.59 Å².